The van der Waals surface area contributed by atoms with Gasteiger partial charge >= 0.3 is 6.09 Å². The van der Waals surface area contributed by atoms with E-state index in [9.17, 15) is 9.59 Å². The van der Waals surface area contributed by atoms with Gasteiger partial charge in [0.1, 0.15) is 6.61 Å². The van der Waals surface area contributed by atoms with Gasteiger partial charge in [0.05, 0.1) is 6.04 Å². The number of fused-ring (bicyclic) bond motifs is 1. The van der Waals surface area contributed by atoms with Gasteiger partial charge in [0, 0.05) is 29.3 Å². The van der Waals surface area contributed by atoms with Crippen LogP contribution < -0.4 is 16.4 Å². The Morgan fingerprint density at radius 3 is 2.44 bits per heavy atom. The Morgan fingerprint density at radius 2 is 1.65 bits per heavy atom. The van der Waals surface area contributed by atoms with Crippen LogP contribution in [0.15, 0.2) is 85.1 Å². The summed E-state index contributed by atoms with van der Waals surface area (Å²) in [7, 11) is 0. The molecule has 0 fully saturated rings. The number of carbonyl (C=O) groups excluding carboxylic acids is 2. The summed E-state index contributed by atoms with van der Waals surface area (Å²) in [4.78, 5) is 27.6. The highest BCUT2D eigenvalue weighted by Crippen LogP contribution is 2.18. The molecule has 7 nitrogen and oxygen atoms in total. The number of anilines is 1. The van der Waals surface area contributed by atoms with Crippen LogP contribution in [0.5, 0.6) is 0 Å². The Kier molecular flexibility index (Phi) is 7.57. The van der Waals surface area contributed by atoms with E-state index < -0.39 is 12.1 Å². The number of benzene rings is 3. The fraction of sp³-hybridized carbons (Fsp3) is 0.185. The van der Waals surface area contributed by atoms with Crippen molar-refractivity contribution in [3.63, 3.8) is 0 Å². The van der Waals surface area contributed by atoms with E-state index in [1.54, 1.807) is 0 Å². The molecule has 174 valence electrons. The summed E-state index contributed by atoms with van der Waals surface area (Å²) < 4.78 is 5.23. The molecule has 0 aliphatic carbocycles. The standard InChI is InChI=1S/C27H28N4O3/c28-24(16-21-17-30-25-9-5-4-8-23(21)25)26(32)29-15-14-19-10-12-22(13-11-19)31-27(33)34-18-20-6-2-1-3-7-20/h1-13,17,24,30H,14-16,18,28H2,(H,29,32)(H,31,33)/t24-/m0/s1. The quantitative estimate of drug-likeness (QED) is 0.303. The Balaban J connectivity index is 1.18. The van der Waals surface area contributed by atoms with Crippen LogP contribution in [-0.4, -0.2) is 29.6 Å². The third kappa shape index (κ3) is 6.24. The topological polar surface area (TPSA) is 109 Å². The second-order valence-corrected chi connectivity index (χ2v) is 8.09. The molecule has 1 atom stereocenters. The molecule has 5 N–H and O–H groups in total. The number of H-pyrrole nitrogens is 1. The molecule has 0 saturated heterocycles. The molecule has 0 bridgehead atoms. The minimum absolute atomic E-state index is 0.176. The summed E-state index contributed by atoms with van der Waals surface area (Å²) in [6, 6.07) is 24.3. The van der Waals surface area contributed by atoms with Gasteiger partial charge in [-0.2, -0.15) is 0 Å². The molecule has 2 amide bonds. The number of amides is 2. The van der Waals surface area contributed by atoms with Crippen LogP contribution in [0.4, 0.5) is 10.5 Å². The summed E-state index contributed by atoms with van der Waals surface area (Å²) in [5.41, 5.74) is 10.8. The summed E-state index contributed by atoms with van der Waals surface area (Å²) in [5.74, 6) is -0.176. The van der Waals surface area contributed by atoms with E-state index in [-0.39, 0.29) is 12.5 Å². The molecule has 0 aliphatic heterocycles. The summed E-state index contributed by atoms with van der Waals surface area (Å²) in [5, 5.41) is 6.71. The highest BCUT2D eigenvalue weighted by Gasteiger charge is 2.15. The Hall–Kier alpha value is -4.10. The van der Waals surface area contributed by atoms with Gasteiger partial charge in [-0.3, -0.25) is 10.1 Å². The van der Waals surface area contributed by atoms with Crippen molar-refractivity contribution >= 4 is 28.6 Å². The van der Waals surface area contributed by atoms with Crippen LogP contribution in [0.2, 0.25) is 0 Å². The number of hydrogen-bond acceptors (Lipinski definition) is 4. The van der Waals surface area contributed by atoms with Crippen molar-refractivity contribution in [3.8, 4) is 0 Å². The molecule has 3 aromatic carbocycles. The zero-order valence-corrected chi connectivity index (χ0v) is 18.8. The average Bonchev–Trinajstić information content (AvgIpc) is 3.27. The minimum Gasteiger partial charge on any atom is -0.444 e. The maximum absolute atomic E-state index is 12.4. The first kappa shape index (κ1) is 23.1. The van der Waals surface area contributed by atoms with Crippen molar-refractivity contribution in [2.45, 2.75) is 25.5 Å². The first-order valence-corrected chi connectivity index (χ1v) is 11.2. The number of carbonyl (C=O) groups is 2. The summed E-state index contributed by atoms with van der Waals surface area (Å²) in [6.45, 7) is 0.694. The normalized spacial score (nSPS) is 11.7. The van der Waals surface area contributed by atoms with Crippen LogP contribution >= 0.6 is 0 Å². The third-order valence-electron chi connectivity index (χ3n) is 5.58. The first-order valence-electron chi connectivity index (χ1n) is 11.2. The molecule has 4 rings (SSSR count). The van der Waals surface area contributed by atoms with E-state index in [2.05, 4.69) is 15.6 Å². The van der Waals surface area contributed by atoms with E-state index in [0.717, 1.165) is 27.6 Å². The number of hydrogen-bond donors (Lipinski definition) is 4. The average molecular weight is 457 g/mol. The maximum atomic E-state index is 12.4. The lowest BCUT2D eigenvalue weighted by molar-refractivity contribution is -0.122. The van der Waals surface area contributed by atoms with Gasteiger partial charge in [0.25, 0.3) is 0 Å². The molecule has 1 heterocycles. The number of aromatic nitrogens is 1. The van der Waals surface area contributed by atoms with Crippen LogP contribution in [0.25, 0.3) is 10.9 Å². The SMILES string of the molecule is N[C@@H](Cc1c[nH]c2ccccc12)C(=O)NCCc1ccc(NC(=O)OCc2ccccc2)cc1. The fourth-order valence-electron chi connectivity index (χ4n) is 3.72. The molecule has 7 heteroatoms. The van der Waals surface area contributed by atoms with Crippen LogP contribution in [-0.2, 0) is 29.0 Å². The van der Waals surface area contributed by atoms with Crippen molar-refractivity contribution in [1.29, 1.82) is 0 Å². The molecular formula is C27H28N4O3. The largest absolute Gasteiger partial charge is 0.444 e. The van der Waals surface area contributed by atoms with Gasteiger partial charge in [0.15, 0.2) is 0 Å². The van der Waals surface area contributed by atoms with Crippen LogP contribution in [0.1, 0.15) is 16.7 Å². The van der Waals surface area contributed by atoms with Crippen molar-refractivity contribution in [1.82, 2.24) is 10.3 Å². The first-order chi connectivity index (χ1) is 16.6. The van der Waals surface area contributed by atoms with Crippen molar-refractivity contribution in [2.75, 3.05) is 11.9 Å². The molecule has 4 aromatic rings. The highest BCUT2D eigenvalue weighted by atomic mass is 16.5. The number of aromatic amines is 1. The second kappa shape index (κ2) is 11.2. The molecule has 0 unspecified atom stereocenters. The third-order valence-corrected chi connectivity index (χ3v) is 5.58. The lowest BCUT2D eigenvalue weighted by atomic mass is 10.0. The predicted molar refractivity (Wildman–Crippen MR) is 133 cm³/mol. The van der Waals surface area contributed by atoms with Gasteiger partial charge in [-0.25, -0.2) is 4.79 Å². The Labute approximate surface area is 198 Å². The van der Waals surface area contributed by atoms with E-state index in [1.165, 1.54) is 0 Å². The van der Waals surface area contributed by atoms with Gasteiger partial charge in [-0.15, -0.1) is 0 Å². The van der Waals surface area contributed by atoms with E-state index in [0.29, 0.717) is 25.1 Å². The molecule has 1 aromatic heterocycles. The smallest absolute Gasteiger partial charge is 0.411 e. The number of ether oxygens (including phenoxy) is 1. The number of nitrogens with one attached hydrogen (secondary N) is 3. The lowest BCUT2D eigenvalue weighted by Gasteiger charge is -2.12. The number of nitrogens with two attached hydrogens (primary N) is 1. The summed E-state index contributed by atoms with van der Waals surface area (Å²) in [6.07, 6.45) is 2.53. The highest BCUT2D eigenvalue weighted by molar-refractivity contribution is 5.86. The molecule has 0 radical (unpaired) electrons. The predicted octanol–water partition coefficient (Wildman–Crippen LogP) is 4.15. The molecule has 34 heavy (non-hydrogen) atoms. The van der Waals surface area contributed by atoms with Crippen molar-refractivity contribution in [3.05, 3.63) is 102 Å². The van der Waals surface area contributed by atoms with Gasteiger partial charge < -0.3 is 20.8 Å². The van der Waals surface area contributed by atoms with Gasteiger partial charge in [-0.05, 0) is 47.7 Å². The molecule has 0 aliphatic rings. The maximum Gasteiger partial charge on any atom is 0.411 e. The zero-order valence-electron chi connectivity index (χ0n) is 18.8. The molecular weight excluding hydrogens is 428 g/mol. The monoisotopic (exact) mass is 456 g/mol. The van der Waals surface area contributed by atoms with Crippen LogP contribution in [0.3, 0.4) is 0 Å². The van der Waals surface area contributed by atoms with Crippen molar-refractivity contribution < 1.29 is 14.3 Å². The minimum atomic E-state index is -0.618. The number of para-hydroxylation sites is 1. The van der Waals surface area contributed by atoms with E-state index in [4.69, 9.17) is 10.5 Å². The van der Waals surface area contributed by atoms with Crippen molar-refractivity contribution in [2.24, 2.45) is 5.73 Å². The number of rotatable bonds is 9. The fourth-order valence-corrected chi connectivity index (χ4v) is 3.72. The molecule has 0 saturated carbocycles. The summed E-state index contributed by atoms with van der Waals surface area (Å²) >= 11 is 0. The van der Waals surface area contributed by atoms with Gasteiger partial charge in [-0.1, -0.05) is 60.7 Å². The van der Waals surface area contributed by atoms with Gasteiger partial charge in [0.2, 0.25) is 5.91 Å². The lowest BCUT2D eigenvalue weighted by Crippen LogP contribution is -2.42. The van der Waals surface area contributed by atoms with Crippen LogP contribution in [0, 0.1) is 0 Å². The Morgan fingerprint density at radius 1 is 0.912 bits per heavy atom. The molecule has 0 spiro atoms. The van der Waals surface area contributed by atoms with E-state index >= 15 is 0 Å². The second-order valence-electron chi connectivity index (χ2n) is 8.09. The van der Waals surface area contributed by atoms with E-state index in [1.807, 2.05) is 85.1 Å². The Bertz CT molecular complexity index is 1240. The zero-order chi connectivity index (χ0) is 23.8.